The maximum atomic E-state index is 13.4. The van der Waals surface area contributed by atoms with E-state index in [2.05, 4.69) is 0 Å². The molecule has 4 nitrogen and oxygen atoms in total. The second-order valence-electron chi connectivity index (χ2n) is 7.19. The predicted octanol–water partition coefficient (Wildman–Crippen LogP) is 4.06. The minimum atomic E-state index is -4.84. The van der Waals surface area contributed by atoms with Crippen molar-refractivity contribution in [1.29, 1.82) is 0 Å². The van der Waals surface area contributed by atoms with Gasteiger partial charge in [-0.05, 0) is 51.3 Å². The van der Waals surface area contributed by atoms with Crippen LogP contribution in [0.4, 0.5) is 22.4 Å². The van der Waals surface area contributed by atoms with E-state index in [0.717, 1.165) is 6.07 Å². The minimum absolute atomic E-state index is 0.00920. The van der Waals surface area contributed by atoms with E-state index >= 15 is 0 Å². The van der Waals surface area contributed by atoms with Gasteiger partial charge in [0.05, 0.1) is 11.2 Å². The minimum Gasteiger partial charge on any atom is -0.444 e. The molecule has 1 aromatic carbocycles. The largest absolute Gasteiger partial charge is 0.444 e. The van der Waals surface area contributed by atoms with E-state index in [-0.39, 0.29) is 31.5 Å². The van der Waals surface area contributed by atoms with E-state index in [1.165, 1.54) is 4.90 Å². The summed E-state index contributed by atoms with van der Waals surface area (Å²) in [7, 11) is 0. The lowest BCUT2D eigenvalue weighted by atomic mass is 9.84. The first-order chi connectivity index (χ1) is 11.3. The quantitative estimate of drug-likeness (QED) is 0.766. The summed E-state index contributed by atoms with van der Waals surface area (Å²) in [6.07, 6.45) is -5.30. The van der Waals surface area contributed by atoms with Crippen LogP contribution in [0.15, 0.2) is 18.2 Å². The Labute approximate surface area is 143 Å². The molecule has 1 amide bonds. The molecule has 0 saturated carbocycles. The SMILES string of the molecule is CC(C)(C)OC(=O)N1CCC(O)(c2ccc(F)c(C(F)(F)F)c2)CC1. The third-order valence-corrected chi connectivity index (χ3v) is 4.05. The lowest BCUT2D eigenvalue weighted by Gasteiger charge is -2.39. The average Bonchev–Trinajstić information content (AvgIpc) is 2.45. The Bertz CT molecular complexity index is 644. The van der Waals surface area contributed by atoms with Crippen molar-refractivity contribution in [1.82, 2.24) is 4.90 Å². The molecule has 1 fully saturated rings. The Kier molecular flexibility index (Phi) is 5.05. The highest BCUT2D eigenvalue weighted by Crippen LogP contribution is 2.38. The lowest BCUT2D eigenvalue weighted by Crippen LogP contribution is -2.46. The zero-order valence-electron chi connectivity index (χ0n) is 14.3. The lowest BCUT2D eigenvalue weighted by molar-refractivity contribution is -0.140. The Hall–Kier alpha value is -1.83. The first-order valence-electron chi connectivity index (χ1n) is 7.89. The fourth-order valence-corrected chi connectivity index (χ4v) is 2.71. The molecule has 1 aromatic rings. The number of rotatable bonds is 1. The number of benzene rings is 1. The molecule has 0 radical (unpaired) electrons. The highest BCUT2D eigenvalue weighted by atomic mass is 19.4. The van der Waals surface area contributed by atoms with E-state index < -0.39 is 34.9 Å². The van der Waals surface area contributed by atoms with Crippen LogP contribution < -0.4 is 0 Å². The molecule has 0 aliphatic carbocycles. The Morgan fingerprint density at radius 1 is 1.20 bits per heavy atom. The van der Waals surface area contributed by atoms with Gasteiger partial charge in [0.2, 0.25) is 0 Å². The van der Waals surface area contributed by atoms with Crippen molar-refractivity contribution in [2.75, 3.05) is 13.1 Å². The van der Waals surface area contributed by atoms with Crippen LogP contribution in [0.3, 0.4) is 0 Å². The van der Waals surface area contributed by atoms with Crippen LogP contribution in [0.5, 0.6) is 0 Å². The fourth-order valence-electron chi connectivity index (χ4n) is 2.71. The summed E-state index contributed by atoms with van der Waals surface area (Å²) in [6.45, 7) is 5.43. The molecule has 140 valence electrons. The molecule has 0 bridgehead atoms. The Morgan fingerprint density at radius 2 is 1.76 bits per heavy atom. The van der Waals surface area contributed by atoms with Crippen LogP contribution in [0.2, 0.25) is 0 Å². The number of aliphatic hydroxyl groups is 1. The summed E-state index contributed by atoms with van der Waals surface area (Å²) in [5.74, 6) is -1.38. The van der Waals surface area contributed by atoms with Gasteiger partial charge in [-0.3, -0.25) is 0 Å². The van der Waals surface area contributed by atoms with Gasteiger partial charge in [0.15, 0.2) is 0 Å². The Balaban J connectivity index is 2.14. The highest BCUT2D eigenvalue weighted by molar-refractivity contribution is 5.68. The van der Waals surface area contributed by atoms with Crippen LogP contribution in [0.25, 0.3) is 0 Å². The van der Waals surface area contributed by atoms with Crippen molar-refractivity contribution in [2.24, 2.45) is 0 Å². The van der Waals surface area contributed by atoms with Gasteiger partial charge in [-0.1, -0.05) is 6.07 Å². The van der Waals surface area contributed by atoms with Crippen LogP contribution in [-0.2, 0) is 16.5 Å². The van der Waals surface area contributed by atoms with Gasteiger partial charge in [0.25, 0.3) is 0 Å². The summed E-state index contributed by atoms with van der Waals surface area (Å²) >= 11 is 0. The molecule has 1 aliphatic heterocycles. The van der Waals surface area contributed by atoms with Crippen LogP contribution >= 0.6 is 0 Å². The van der Waals surface area contributed by atoms with E-state index in [4.69, 9.17) is 4.74 Å². The second-order valence-corrected chi connectivity index (χ2v) is 7.19. The van der Waals surface area contributed by atoms with Crippen LogP contribution in [0.1, 0.15) is 44.7 Å². The molecular weight excluding hydrogens is 342 g/mol. The molecule has 8 heteroatoms. The number of halogens is 4. The number of alkyl halides is 3. The topological polar surface area (TPSA) is 49.8 Å². The summed E-state index contributed by atoms with van der Waals surface area (Å²) in [6, 6.07) is 2.49. The predicted molar refractivity (Wildman–Crippen MR) is 82.3 cm³/mol. The molecule has 1 N–H and O–H groups in total. The van der Waals surface area contributed by atoms with Gasteiger partial charge >= 0.3 is 12.3 Å². The third kappa shape index (κ3) is 4.62. The van der Waals surface area contributed by atoms with E-state index in [0.29, 0.717) is 12.1 Å². The van der Waals surface area contributed by atoms with Crippen LogP contribution in [0, 0.1) is 5.82 Å². The molecule has 0 aromatic heterocycles. The van der Waals surface area contributed by atoms with E-state index in [9.17, 15) is 27.5 Å². The van der Waals surface area contributed by atoms with Gasteiger partial charge in [0, 0.05) is 13.1 Å². The zero-order valence-corrected chi connectivity index (χ0v) is 14.3. The van der Waals surface area contributed by atoms with Crippen molar-refractivity contribution in [2.45, 2.75) is 51.0 Å². The first-order valence-corrected chi connectivity index (χ1v) is 7.89. The smallest absolute Gasteiger partial charge is 0.419 e. The van der Waals surface area contributed by atoms with Gasteiger partial charge in [0.1, 0.15) is 11.4 Å². The molecule has 0 unspecified atom stereocenters. The maximum absolute atomic E-state index is 13.4. The third-order valence-electron chi connectivity index (χ3n) is 4.05. The van der Waals surface area contributed by atoms with Gasteiger partial charge in [-0.2, -0.15) is 13.2 Å². The van der Waals surface area contributed by atoms with E-state index in [1.807, 2.05) is 0 Å². The Morgan fingerprint density at radius 3 is 2.24 bits per heavy atom. The number of carbonyl (C=O) groups is 1. The fraction of sp³-hybridized carbons (Fsp3) is 0.588. The maximum Gasteiger partial charge on any atom is 0.419 e. The number of hydrogen-bond acceptors (Lipinski definition) is 3. The summed E-state index contributed by atoms with van der Waals surface area (Å²) in [5.41, 5.74) is -3.63. The number of nitrogens with zero attached hydrogens (tertiary/aromatic N) is 1. The van der Waals surface area contributed by atoms with Gasteiger partial charge in [-0.15, -0.1) is 0 Å². The summed E-state index contributed by atoms with van der Waals surface area (Å²) < 4.78 is 57.2. The molecule has 1 aliphatic rings. The van der Waals surface area contributed by atoms with Gasteiger partial charge in [-0.25, -0.2) is 9.18 Å². The molecule has 1 heterocycles. The molecule has 2 rings (SSSR count). The number of hydrogen-bond donors (Lipinski definition) is 1. The monoisotopic (exact) mass is 363 g/mol. The number of amides is 1. The normalized spacial score (nSPS) is 18.2. The standard InChI is InChI=1S/C17H21F4NO3/c1-15(2,3)25-14(23)22-8-6-16(24,7-9-22)11-4-5-13(18)12(10-11)17(19,20)21/h4-5,10,24H,6-9H2,1-3H3. The van der Waals surface area contributed by atoms with Crippen molar-refractivity contribution in [3.8, 4) is 0 Å². The molecule has 0 atom stereocenters. The summed E-state index contributed by atoms with van der Waals surface area (Å²) in [5, 5.41) is 10.7. The van der Waals surface area contributed by atoms with Crippen molar-refractivity contribution in [3.63, 3.8) is 0 Å². The first kappa shape index (κ1) is 19.5. The highest BCUT2D eigenvalue weighted by Gasteiger charge is 2.40. The summed E-state index contributed by atoms with van der Waals surface area (Å²) in [4.78, 5) is 13.4. The molecule has 1 saturated heterocycles. The number of likely N-dealkylation sites (tertiary alicyclic amines) is 1. The van der Waals surface area contributed by atoms with Crippen molar-refractivity contribution >= 4 is 6.09 Å². The molecular formula is C17H21F4NO3. The van der Waals surface area contributed by atoms with E-state index in [1.54, 1.807) is 20.8 Å². The van der Waals surface area contributed by atoms with Gasteiger partial charge < -0.3 is 14.7 Å². The van der Waals surface area contributed by atoms with Crippen molar-refractivity contribution in [3.05, 3.63) is 35.1 Å². The number of carbonyl (C=O) groups excluding carboxylic acids is 1. The second kappa shape index (κ2) is 6.48. The molecule has 25 heavy (non-hydrogen) atoms. The molecule has 0 spiro atoms. The zero-order chi connectivity index (χ0) is 19.0. The number of ether oxygens (including phenoxy) is 1. The van der Waals surface area contributed by atoms with Crippen molar-refractivity contribution < 1.29 is 32.2 Å². The number of piperidine rings is 1. The van der Waals surface area contributed by atoms with Crippen LogP contribution in [-0.4, -0.2) is 34.8 Å². The average molecular weight is 363 g/mol.